The van der Waals surface area contributed by atoms with E-state index in [0.717, 1.165) is 17.6 Å². The van der Waals surface area contributed by atoms with Crippen LogP contribution in [0.2, 0.25) is 0 Å². The number of benzene rings is 1. The van der Waals surface area contributed by atoms with E-state index in [9.17, 15) is 4.79 Å². The van der Waals surface area contributed by atoms with E-state index in [2.05, 4.69) is 21.5 Å². The maximum Gasteiger partial charge on any atom is 0.251 e. The van der Waals surface area contributed by atoms with Crippen molar-refractivity contribution < 1.29 is 4.79 Å². The molecule has 1 aromatic heterocycles. The van der Waals surface area contributed by atoms with Gasteiger partial charge in [-0.25, -0.2) is 4.98 Å². The average Bonchev–Trinajstić information content (AvgIpc) is 3.04. The van der Waals surface area contributed by atoms with Crippen LogP contribution in [0.4, 0.5) is 0 Å². The van der Waals surface area contributed by atoms with Gasteiger partial charge in [0.2, 0.25) is 0 Å². The summed E-state index contributed by atoms with van der Waals surface area (Å²) in [5.41, 5.74) is 2.46. The molecule has 0 aliphatic heterocycles. The van der Waals surface area contributed by atoms with Crippen molar-refractivity contribution in [1.29, 1.82) is 0 Å². The zero-order valence-electron chi connectivity index (χ0n) is 10.2. The van der Waals surface area contributed by atoms with Gasteiger partial charge in [-0.2, -0.15) is 11.8 Å². The van der Waals surface area contributed by atoms with Crippen molar-refractivity contribution >= 4 is 28.7 Å². The SMILES string of the molecule is CSC1(CNC(=O)c2ccc3nc[nH]c3c2)CC1. The fraction of sp³-hybridized carbons (Fsp3) is 0.385. The molecule has 0 spiro atoms. The molecule has 1 amide bonds. The first-order valence-electron chi connectivity index (χ1n) is 5.99. The van der Waals surface area contributed by atoms with Gasteiger partial charge in [0, 0.05) is 16.9 Å². The summed E-state index contributed by atoms with van der Waals surface area (Å²) >= 11 is 1.85. The number of nitrogens with zero attached hydrogens (tertiary/aromatic N) is 1. The number of imidazole rings is 1. The molecule has 18 heavy (non-hydrogen) atoms. The van der Waals surface area contributed by atoms with Crippen LogP contribution in [0.15, 0.2) is 24.5 Å². The molecule has 5 heteroatoms. The largest absolute Gasteiger partial charge is 0.351 e. The third-order valence-corrected chi connectivity index (χ3v) is 4.91. The smallest absolute Gasteiger partial charge is 0.251 e. The number of thioether (sulfide) groups is 1. The quantitative estimate of drug-likeness (QED) is 0.887. The van der Waals surface area contributed by atoms with Crippen LogP contribution in [0.1, 0.15) is 23.2 Å². The highest BCUT2D eigenvalue weighted by Crippen LogP contribution is 2.46. The van der Waals surface area contributed by atoms with Gasteiger partial charge in [-0.05, 0) is 37.3 Å². The van der Waals surface area contributed by atoms with E-state index in [4.69, 9.17) is 0 Å². The highest BCUT2D eigenvalue weighted by molar-refractivity contribution is 8.00. The van der Waals surface area contributed by atoms with Crippen molar-refractivity contribution in [3.63, 3.8) is 0 Å². The summed E-state index contributed by atoms with van der Waals surface area (Å²) in [5, 5.41) is 3.02. The standard InChI is InChI=1S/C13H15N3OS/c1-18-13(4-5-13)7-14-12(17)9-2-3-10-11(6-9)16-8-15-10/h2-3,6,8H,4-5,7H2,1H3,(H,14,17)(H,15,16). The van der Waals surface area contributed by atoms with Gasteiger partial charge in [-0.1, -0.05) is 0 Å². The summed E-state index contributed by atoms with van der Waals surface area (Å²) in [7, 11) is 0. The van der Waals surface area contributed by atoms with Crippen molar-refractivity contribution in [2.75, 3.05) is 12.8 Å². The van der Waals surface area contributed by atoms with Gasteiger partial charge in [0.15, 0.2) is 0 Å². The highest BCUT2D eigenvalue weighted by Gasteiger charge is 2.41. The lowest BCUT2D eigenvalue weighted by Gasteiger charge is -2.12. The molecule has 1 heterocycles. The molecule has 0 bridgehead atoms. The van der Waals surface area contributed by atoms with Crippen molar-refractivity contribution in [1.82, 2.24) is 15.3 Å². The number of hydrogen-bond acceptors (Lipinski definition) is 3. The Labute approximate surface area is 110 Å². The van der Waals surface area contributed by atoms with Crippen LogP contribution in [0.25, 0.3) is 11.0 Å². The van der Waals surface area contributed by atoms with Gasteiger partial charge in [0.25, 0.3) is 5.91 Å². The lowest BCUT2D eigenvalue weighted by Crippen LogP contribution is -2.31. The lowest BCUT2D eigenvalue weighted by molar-refractivity contribution is 0.0953. The van der Waals surface area contributed by atoms with Crippen molar-refractivity contribution in [3.05, 3.63) is 30.1 Å². The van der Waals surface area contributed by atoms with E-state index in [0.29, 0.717) is 10.3 Å². The number of H-pyrrole nitrogens is 1. The van der Waals surface area contributed by atoms with Crippen molar-refractivity contribution in [2.24, 2.45) is 0 Å². The number of aromatic nitrogens is 2. The van der Waals surface area contributed by atoms with E-state index < -0.39 is 0 Å². The van der Waals surface area contributed by atoms with Crippen LogP contribution in [-0.4, -0.2) is 33.4 Å². The number of fused-ring (bicyclic) bond motifs is 1. The molecule has 0 unspecified atom stereocenters. The number of hydrogen-bond donors (Lipinski definition) is 2. The van der Waals surface area contributed by atoms with Gasteiger partial charge < -0.3 is 10.3 Å². The monoisotopic (exact) mass is 261 g/mol. The number of nitrogens with one attached hydrogen (secondary N) is 2. The fourth-order valence-electron chi connectivity index (χ4n) is 2.01. The second kappa shape index (κ2) is 4.31. The second-order valence-electron chi connectivity index (χ2n) is 4.70. The molecular weight excluding hydrogens is 246 g/mol. The van der Waals surface area contributed by atoms with E-state index >= 15 is 0 Å². The molecule has 1 saturated carbocycles. The maximum absolute atomic E-state index is 12.0. The van der Waals surface area contributed by atoms with Gasteiger partial charge in [0.05, 0.1) is 17.4 Å². The first kappa shape index (κ1) is 11.6. The lowest BCUT2D eigenvalue weighted by atomic mass is 10.2. The number of carbonyl (C=O) groups is 1. The molecule has 0 radical (unpaired) electrons. The first-order chi connectivity index (χ1) is 8.72. The van der Waals surface area contributed by atoms with Crippen molar-refractivity contribution in [3.8, 4) is 0 Å². The Bertz CT molecular complexity index is 589. The molecule has 2 aromatic rings. The van der Waals surface area contributed by atoms with E-state index in [1.54, 1.807) is 6.33 Å². The molecule has 1 fully saturated rings. The van der Waals surface area contributed by atoms with Crippen molar-refractivity contribution in [2.45, 2.75) is 17.6 Å². The predicted molar refractivity (Wildman–Crippen MR) is 73.9 cm³/mol. The third-order valence-electron chi connectivity index (χ3n) is 3.49. The van der Waals surface area contributed by atoms with Crippen LogP contribution in [-0.2, 0) is 0 Å². The summed E-state index contributed by atoms with van der Waals surface area (Å²) in [4.78, 5) is 19.2. The predicted octanol–water partition coefficient (Wildman–Crippen LogP) is 2.19. The molecule has 94 valence electrons. The average molecular weight is 261 g/mol. The van der Waals surface area contributed by atoms with Gasteiger partial charge in [-0.3, -0.25) is 4.79 Å². The normalized spacial score (nSPS) is 16.7. The summed E-state index contributed by atoms with van der Waals surface area (Å²) in [6.07, 6.45) is 6.15. The summed E-state index contributed by atoms with van der Waals surface area (Å²) in [5.74, 6) is -0.00757. The minimum absolute atomic E-state index is 0.00757. The Balaban J connectivity index is 1.71. The zero-order valence-corrected chi connectivity index (χ0v) is 11.0. The third kappa shape index (κ3) is 2.10. The topological polar surface area (TPSA) is 57.8 Å². The van der Waals surface area contributed by atoms with Crippen LogP contribution >= 0.6 is 11.8 Å². The molecular formula is C13H15N3OS. The molecule has 1 aromatic carbocycles. The Morgan fingerprint density at radius 3 is 3.11 bits per heavy atom. The molecule has 3 rings (SSSR count). The van der Waals surface area contributed by atoms with Gasteiger partial charge in [-0.15, -0.1) is 0 Å². The van der Waals surface area contributed by atoms with Crippen LogP contribution in [0.5, 0.6) is 0 Å². The highest BCUT2D eigenvalue weighted by atomic mass is 32.2. The van der Waals surface area contributed by atoms with E-state index in [1.807, 2.05) is 30.0 Å². The van der Waals surface area contributed by atoms with E-state index in [1.165, 1.54) is 12.8 Å². The van der Waals surface area contributed by atoms with Crippen LogP contribution in [0, 0.1) is 0 Å². The minimum Gasteiger partial charge on any atom is -0.351 e. The molecule has 4 nitrogen and oxygen atoms in total. The van der Waals surface area contributed by atoms with E-state index in [-0.39, 0.29) is 5.91 Å². The zero-order chi connectivity index (χ0) is 12.6. The molecule has 2 N–H and O–H groups in total. The van der Waals surface area contributed by atoms with Gasteiger partial charge in [0.1, 0.15) is 0 Å². The van der Waals surface area contributed by atoms with Crippen LogP contribution < -0.4 is 5.32 Å². The maximum atomic E-state index is 12.0. The number of amides is 1. The number of aromatic amines is 1. The summed E-state index contributed by atoms with van der Waals surface area (Å²) in [6.45, 7) is 0.758. The number of rotatable bonds is 4. The summed E-state index contributed by atoms with van der Waals surface area (Å²) < 4.78 is 0.299. The Morgan fingerprint density at radius 2 is 2.39 bits per heavy atom. The Morgan fingerprint density at radius 1 is 1.56 bits per heavy atom. The minimum atomic E-state index is -0.00757. The molecule has 1 aliphatic rings. The fourth-order valence-corrected chi connectivity index (χ4v) is 2.74. The molecule has 0 saturated heterocycles. The van der Waals surface area contributed by atoms with Gasteiger partial charge >= 0.3 is 0 Å². The Kier molecular flexibility index (Phi) is 2.78. The Hall–Kier alpha value is -1.49. The molecule has 1 aliphatic carbocycles. The molecule has 0 atom stereocenters. The number of carbonyl (C=O) groups excluding carboxylic acids is 1. The van der Waals surface area contributed by atoms with Crippen LogP contribution in [0.3, 0.4) is 0 Å². The second-order valence-corrected chi connectivity index (χ2v) is 5.98. The summed E-state index contributed by atoms with van der Waals surface area (Å²) in [6, 6.07) is 5.52. The first-order valence-corrected chi connectivity index (χ1v) is 7.21.